The molecule has 1 aromatic heterocycles. The molecule has 2 N–H and O–H groups in total. The maximum absolute atomic E-state index is 12.6. The molecule has 1 fully saturated rings. The largest absolute Gasteiger partial charge is 0.336 e. The van der Waals surface area contributed by atoms with Crippen LogP contribution >= 0.6 is 0 Å². The summed E-state index contributed by atoms with van der Waals surface area (Å²) in [5.74, 6) is 0.106. The minimum atomic E-state index is 0.106. The summed E-state index contributed by atoms with van der Waals surface area (Å²) >= 11 is 0. The molecular formula is C14H25N5O. The summed E-state index contributed by atoms with van der Waals surface area (Å²) in [5, 5.41) is 4.34. The number of hydrogen-bond acceptors (Lipinski definition) is 4. The van der Waals surface area contributed by atoms with Crippen molar-refractivity contribution in [3.05, 3.63) is 17.5 Å². The number of aryl methyl sites for hydroxylation is 2. The van der Waals surface area contributed by atoms with E-state index in [1.165, 1.54) is 0 Å². The Balaban J connectivity index is 2.01. The Kier molecular flexibility index (Phi) is 4.77. The number of aromatic nitrogens is 2. The van der Waals surface area contributed by atoms with Gasteiger partial charge in [-0.15, -0.1) is 0 Å². The molecule has 1 atom stereocenters. The standard InChI is InChI=1S/C14H25N5O/c1-4-13-12(10-17(3)16-13)14(20)19-7-5-18(6-8-19)11(2)9-15/h10-11H,4-9,15H2,1-3H3. The summed E-state index contributed by atoms with van der Waals surface area (Å²) in [6, 6.07) is 0.386. The summed E-state index contributed by atoms with van der Waals surface area (Å²) in [6.07, 6.45) is 2.61. The van der Waals surface area contributed by atoms with E-state index in [0.717, 1.165) is 43.9 Å². The van der Waals surface area contributed by atoms with Crippen molar-refractivity contribution in [3.8, 4) is 0 Å². The third-order valence-electron chi connectivity index (χ3n) is 4.04. The van der Waals surface area contributed by atoms with Crippen LogP contribution in [-0.2, 0) is 13.5 Å². The third kappa shape index (κ3) is 3.02. The molecule has 1 aromatic rings. The molecule has 0 saturated carbocycles. The third-order valence-corrected chi connectivity index (χ3v) is 4.04. The molecule has 6 nitrogen and oxygen atoms in total. The van der Waals surface area contributed by atoms with E-state index in [2.05, 4.69) is 16.9 Å². The molecule has 0 radical (unpaired) electrons. The molecule has 2 rings (SSSR count). The smallest absolute Gasteiger partial charge is 0.257 e. The molecular weight excluding hydrogens is 254 g/mol. The van der Waals surface area contributed by atoms with Crippen LogP contribution in [0.1, 0.15) is 29.9 Å². The Morgan fingerprint density at radius 1 is 1.40 bits per heavy atom. The first-order chi connectivity index (χ1) is 9.56. The molecule has 0 aliphatic carbocycles. The zero-order valence-electron chi connectivity index (χ0n) is 12.7. The number of rotatable bonds is 4. The Hall–Kier alpha value is -1.40. The van der Waals surface area contributed by atoms with Crippen LogP contribution in [0.15, 0.2) is 6.20 Å². The molecule has 1 unspecified atom stereocenters. The van der Waals surface area contributed by atoms with Gasteiger partial charge < -0.3 is 10.6 Å². The van der Waals surface area contributed by atoms with Crippen molar-refractivity contribution < 1.29 is 4.79 Å². The molecule has 6 heteroatoms. The molecule has 0 spiro atoms. The number of carbonyl (C=O) groups is 1. The van der Waals surface area contributed by atoms with Crippen molar-refractivity contribution in [2.45, 2.75) is 26.3 Å². The minimum absolute atomic E-state index is 0.106. The van der Waals surface area contributed by atoms with E-state index < -0.39 is 0 Å². The van der Waals surface area contributed by atoms with Crippen molar-refractivity contribution in [1.29, 1.82) is 0 Å². The van der Waals surface area contributed by atoms with Gasteiger partial charge in [-0.25, -0.2) is 0 Å². The number of carbonyl (C=O) groups excluding carboxylic acids is 1. The maximum atomic E-state index is 12.6. The number of nitrogens with zero attached hydrogens (tertiary/aromatic N) is 4. The summed E-state index contributed by atoms with van der Waals surface area (Å²) in [6.45, 7) is 8.14. The molecule has 1 amide bonds. The molecule has 1 saturated heterocycles. The van der Waals surface area contributed by atoms with Gasteiger partial charge in [-0.05, 0) is 13.3 Å². The van der Waals surface area contributed by atoms with E-state index in [1.807, 2.05) is 25.1 Å². The second-order valence-corrected chi connectivity index (χ2v) is 5.43. The predicted octanol–water partition coefficient (Wildman–Crippen LogP) is 0.0875. The number of nitrogens with two attached hydrogens (primary N) is 1. The van der Waals surface area contributed by atoms with Crippen molar-refractivity contribution >= 4 is 5.91 Å². The SMILES string of the molecule is CCc1nn(C)cc1C(=O)N1CCN(C(C)CN)CC1. The normalized spacial score (nSPS) is 18.3. The predicted molar refractivity (Wildman–Crippen MR) is 78.6 cm³/mol. The van der Waals surface area contributed by atoms with Gasteiger partial charge in [0.2, 0.25) is 0 Å². The Morgan fingerprint density at radius 3 is 2.60 bits per heavy atom. The highest BCUT2D eigenvalue weighted by atomic mass is 16.2. The molecule has 0 bridgehead atoms. The molecule has 1 aliphatic heterocycles. The molecule has 20 heavy (non-hydrogen) atoms. The first-order valence-electron chi connectivity index (χ1n) is 7.32. The van der Waals surface area contributed by atoms with Crippen LogP contribution in [-0.4, -0.2) is 64.3 Å². The lowest BCUT2D eigenvalue weighted by atomic mass is 10.1. The van der Waals surface area contributed by atoms with Crippen LogP contribution in [0.25, 0.3) is 0 Å². The zero-order valence-corrected chi connectivity index (χ0v) is 12.7. The van der Waals surface area contributed by atoms with Gasteiger partial charge in [0.25, 0.3) is 5.91 Å². The number of amides is 1. The summed E-state index contributed by atoms with van der Waals surface area (Å²) in [5.41, 5.74) is 7.33. The Labute approximate surface area is 120 Å². The average molecular weight is 279 g/mol. The minimum Gasteiger partial charge on any atom is -0.336 e. The van der Waals surface area contributed by atoms with E-state index in [4.69, 9.17) is 5.73 Å². The van der Waals surface area contributed by atoms with Gasteiger partial charge >= 0.3 is 0 Å². The van der Waals surface area contributed by atoms with Crippen LogP contribution in [0.3, 0.4) is 0 Å². The molecule has 1 aliphatic rings. The van der Waals surface area contributed by atoms with Gasteiger partial charge in [0.05, 0.1) is 11.3 Å². The van der Waals surface area contributed by atoms with Gasteiger partial charge in [-0.3, -0.25) is 14.4 Å². The van der Waals surface area contributed by atoms with Gasteiger partial charge in [-0.1, -0.05) is 6.92 Å². The highest BCUT2D eigenvalue weighted by Gasteiger charge is 2.26. The average Bonchev–Trinajstić information content (AvgIpc) is 2.87. The van der Waals surface area contributed by atoms with Crippen molar-refractivity contribution in [2.24, 2.45) is 12.8 Å². The molecule has 0 aromatic carbocycles. The fraction of sp³-hybridized carbons (Fsp3) is 0.714. The van der Waals surface area contributed by atoms with E-state index in [-0.39, 0.29) is 5.91 Å². The Morgan fingerprint density at radius 2 is 2.05 bits per heavy atom. The van der Waals surface area contributed by atoms with Gasteiger partial charge in [0, 0.05) is 52.0 Å². The summed E-state index contributed by atoms with van der Waals surface area (Å²) < 4.78 is 1.72. The van der Waals surface area contributed by atoms with E-state index >= 15 is 0 Å². The highest BCUT2D eigenvalue weighted by Crippen LogP contribution is 2.13. The summed E-state index contributed by atoms with van der Waals surface area (Å²) in [7, 11) is 1.86. The lowest BCUT2D eigenvalue weighted by molar-refractivity contribution is 0.0588. The van der Waals surface area contributed by atoms with Crippen LogP contribution in [0.5, 0.6) is 0 Å². The van der Waals surface area contributed by atoms with E-state index in [1.54, 1.807) is 4.68 Å². The van der Waals surface area contributed by atoms with Crippen LogP contribution in [0.2, 0.25) is 0 Å². The maximum Gasteiger partial charge on any atom is 0.257 e. The zero-order chi connectivity index (χ0) is 14.7. The van der Waals surface area contributed by atoms with Crippen molar-refractivity contribution in [3.63, 3.8) is 0 Å². The lowest BCUT2D eigenvalue weighted by Crippen LogP contribution is -2.52. The fourth-order valence-electron chi connectivity index (χ4n) is 2.66. The second-order valence-electron chi connectivity index (χ2n) is 5.43. The fourth-order valence-corrected chi connectivity index (χ4v) is 2.66. The van der Waals surface area contributed by atoms with Crippen LogP contribution in [0.4, 0.5) is 0 Å². The van der Waals surface area contributed by atoms with Gasteiger partial charge in [0.15, 0.2) is 0 Å². The summed E-state index contributed by atoms with van der Waals surface area (Å²) in [4.78, 5) is 16.8. The quantitative estimate of drug-likeness (QED) is 0.848. The highest BCUT2D eigenvalue weighted by molar-refractivity contribution is 5.95. The number of piperazine rings is 1. The van der Waals surface area contributed by atoms with Gasteiger partial charge in [0.1, 0.15) is 0 Å². The van der Waals surface area contributed by atoms with Crippen molar-refractivity contribution in [2.75, 3.05) is 32.7 Å². The van der Waals surface area contributed by atoms with Crippen LogP contribution in [0, 0.1) is 0 Å². The first-order valence-corrected chi connectivity index (χ1v) is 7.32. The lowest BCUT2D eigenvalue weighted by Gasteiger charge is -2.37. The molecule has 112 valence electrons. The van der Waals surface area contributed by atoms with Gasteiger partial charge in [-0.2, -0.15) is 5.10 Å². The first kappa shape index (κ1) is 15.0. The van der Waals surface area contributed by atoms with E-state index in [9.17, 15) is 4.79 Å². The Bertz CT molecular complexity index is 462. The van der Waals surface area contributed by atoms with E-state index in [0.29, 0.717) is 12.6 Å². The van der Waals surface area contributed by atoms with Crippen molar-refractivity contribution in [1.82, 2.24) is 19.6 Å². The number of hydrogen-bond donors (Lipinski definition) is 1. The molecule has 2 heterocycles. The monoisotopic (exact) mass is 279 g/mol. The topological polar surface area (TPSA) is 67.4 Å². The second kappa shape index (κ2) is 6.37. The van der Waals surface area contributed by atoms with Crippen LogP contribution < -0.4 is 5.73 Å².